The molecule has 1 heterocycles. The van der Waals surface area contributed by atoms with Gasteiger partial charge >= 0.3 is 12.1 Å². The lowest BCUT2D eigenvalue weighted by molar-refractivity contribution is -0.142. The number of likely N-dealkylation sites (tertiary alicyclic amines) is 1. The largest absolute Gasteiger partial charge is 0.469 e. The van der Waals surface area contributed by atoms with Crippen LogP contribution in [0.25, 0.3) is 0 Å². The van der Waals surface area contributed by atoms with Crippen LogP contribution in [0.3, 0.4) is 0 Å². The van der Waals surface area contributed by atoms with Crippen molar-refractivity contribution in [1.29, 1.82) is 0 Å². The van der Waals surface area contributed by atoms with Crippen LogP contribution < -0.4 is 0 Å². The third-order valence-corrected chi connectivity index (χ3v) is 2.76. The molecule has 0 radical (unpaired) electrons. The quantitative estimate of drug-likeness (QED) is 0.689. The minimum absolute atomic E-state index is 0.0692. The highest BCUT2D eigenvalue weighted by Crippen LogP contribution is 2.20. The minimum Gasteiger partial charge on any atom is -0.469 e. The molecule has 92 valence electrons. The highest BCUT2D eigenvalue weighted by molar-refractivity contribution is 5.72. The summed E-state index contributed by atoms with van der Waals surface area (Å²) >= 11 is 0. The number of methoxy groups -OCH3 is 1. The van der Waals surface area contributed by atoms with Gasteiger partial charge in [0.05, 0.1) is 20.1 Å². The molecule has 0 aromatic carbocycles. The SMILES string of the molecule is CCOC(=O)N1CCCCC1CC(=O)OC. The number of carbonyl (C=O) groups is 2. The third kappa shape index (κ3) is 3.40. The first-order valence-electron chi connectivity index (χ1n) is 5.69. The first-order valence-corrected chi connectivity index (χ1v) is 5.69. The molecule has 1 atom stereocenters. The van der Waals surface area contributed by atoms with Crippen LogP contribution in [-0.2, 0) is 14.3 Å². The van der Waals surface area contributed by atoms with Crippen LogP contribution >= 0.6 is 0 Å². The second-order valence-corrected chi connectivity index (χ2v) is 3.82. The molecule has 0 aromatic heterocycles. The van der Waals surface area contributed by atoms with Crippen molar-refractivity contribution in [2.45, 2.75) is 38.6 Å². The van der Waals surface area contributed by atoms with Crippen molar-refractivity contribution in [2.24, 2.45) is 0 Å². The number of piperidine rings is 1. The molecular weight excluding hydrogens is 210 g/mol. The summed E-state index contributed by atoms with van der Waals surface area (Å²) in [6.07, 6.45) is 2.79. The number of amides is 1. The average Bonchev–Trinajstić information content (AvgIpc) is 2.30. The molecule has 1 unspecified atom stereocenters. The van der Waals surface area contributed by atoms with Crippen LogP contribution in [0.2, 0.25) is 0 Å². The van der Waals surface area contributed by atoms with Gasteiger partial charge in [0.1, 0.15) is 0 Å². The van der Waals surface area contributed by atoms with E-state index >= 15 is 0 Å². The summed E-state index contributed by atoms with van der Waals surface area (Å²) in [6, 6.07) is -0.0692. The maximum absolute atomic E-state index is 11.6. The Morgan fingerprint density at radius 2 is 2.12 bits per heavy atom. The molecule has 5 heteroatoms. The molecule has 1 rings (SSSR count). The van der Waals surface area contributed by atoms with Gasteiger partial charge in [0.15, 0.2) is 0 Å². The summed E-state index contributed by atoms with van der Waals surface area (Å²) in [7, 11) is 1.36. The Labute approximate surface area is 95.7 Å². The summed E-state index contributed by atoms with van der Waals surface area (Å²) in [4.78, 5) is 24.5. The van der Waals surface area contributed by atoms with E-state index in [0.29, 0.717) is 13.2 Å². The fourth-order valence-electron chi connectivity index (χ4n) is 1.94. The zero-order chi connectivity index (χ0) is 12.0. The molecule has 5 nitrogen and oxygen atoms in total. The number of hydrogen-bond donors (Lipinski definition) is 0. The van der Waals surface area contributed by atoms with E-state index in [4.69, 9.17) is 4.74 Å². The maximum atomic E-state index is 11.6. The van der Waals surface area contributed by atoms with E-state index in [2.05, 4.69) is 4.74 Å². The summed E-state index contributed by atoms with van der Waals surface area (Å²) in [5.74, 6) is -0.277. The van der Waals surface area contributed by atoms with Gasteiger partial charge in [-0.25, -0.2) is 4.79 Å². The van der Waals surface area contributed by atoms with E-state index in [-0.39, 0.29) is 24.5 Å². The Bertz CT molecular complexity index is 254. The summed E-state index contributed by atoms with van der Waals surface area (Å²) in [6.45, 7) is 2.80. The Balaban J connectivity index is 2.56. The Morgan fingerprint density at radius 1 is 1.38 bits per heavy atom. The van der Waals surface area contributed by atoms with Gasteiger partial charge < -0.3 is 14.4 Å². The number of hydrogen-bond acceptors (Lipinski definition) is 4. The zero-order valence-electron chi connectivity index (χ0n) is 9.90. The van der Waals surface area contributed by atoms with E-state index in [1.54, 1.807) is 11.8 Å². The Morgan fingerprint density at radius 3 is 2.75 bits per heavy atom. The lowest BCUT2D eigenvalue weighted by Crippen LogP contribution is -2.45. The molecule has 1 aliphatic heterocycles. The van der Waals surface area contributed by atoms with E-state index in [1.807, 2.05) is 0 Å². The lowest BCUT2D eigenvalue weighted by Gasteiger charge is -2.34. The lowest BCUT2D eigenvalue weighted by atomic mass is 10.00. The first-order chi connectivity index (χ1) is 7.69. The van der Waals surface area contributed by atoms with Gasteiger partial charge in [0.2, 0.25) is 0 Å². The van der Waals surface area contributed by atoms with Gasteiger partial charge in [-0.1, -0.05) is 0 Å². The van der Waals surface area contributed by atoms with E-state index in [0.717, 1.165) is 19.3 Å². The topological polar surface area (TPSA) is 55.8 Å². The fraction of sp³-hybridized carbons (Fsp3) is 0.818. The van der Waals surface area contributed by atoms with Crippen molar-refractivity contribution in [1.82, 2.24) is 4.90 Å². The van der Waals surface area contributed by atoms with E-state index < -0.39 is 0 Å². The number of carbonyl (C=O) groups excluding carboxylic acids is 2. The van der Waals surface area contributed by atoms with Gasteiger partial charge in [-0.2, -0.15) is 0 Å². The minimum atomic E-state index is -0.323. The number of nitrogens with zero attached hydrogens (tertiary/aromatic N) is 1. The van der Waals surface area contributed by atoms with E-state index in [9.17, 15) is 9.59 Å². The summed E-state index contributed by atoms with van der Waals surface area (Å²) < 4.78 is 9.58. The van der Waals surface area contributed by atoms with Gasteiger partial charge in [0.25, 0.3) is 0 Å². The van der Waals surface area contributed by atoms with Gasteiger partial charge in [0, 0.05) is 12.6 Å². The van der Waals surface area contributed by atoms with Crippen LogP contribution in [-0.4, -0.2) is 43.3 Å². The highest BCUT2D eigenvalue weighted by Gasteiger charge is 2.29. The van der Waals surface area contributed by atoms with Crippen LogP contribution in [0, 0.1) is 0 Å². The monoisotopic (exact) mass is 229 g/mol. The molecular formula is C11H19NO4. The molecule has 1 fully saturated rings. The van der Waals surface area contributed by atoms with Crippen molar-refractivity contribution in [3.63, 3.8) is 0 Å². The number of ether oxygens (including phenoxy) is 2. The fourth-order valence-corrected chi connectivity index (χ4v) is 1.94. The molecule has 1 amide bonds. The Hall–Kier alpha value is -1.26. The van der Waals surface area contributed by atoms with E-state index in [1.165, 1.54) is 7.11 Å². The van der Waals surface area contributed by atoms with Gasteiger partial charge in [-0.15, -0.1) is 0 Å². The van der Waals surface area contributed by atoms with Crippen LogP contribution in [0.4, 0.5) is 4.79 Å². The second kappa shape index (κ2) is 6.35. The summed E-state index contributed by atoms with van der Waals surface area (Å²) in [5, 5.41) is 0. The molecule has 16 heavy (non-hydrogen) atoms. The van der Waals surface area contributed by atoms with Crippen molar-refractivity contribution in [3.8, 4) is 0 Å². The van der Waals surface area contributed by atoms with Crippen molar-refractivity contribution in [3.05, 3.63) is 0 Å². The van der Waals surface area contributed by atoms with Crippen molar-refractivity contribution < 1.29 is 19.1 Å². The maximum Gasteiger partial charge on any atom is 0.410 e. The normalized spacial score (nSPS) is 20.4. The molecule has 0 saturated carbocycles. The molecule has 1 saturated heterocycles. The highest BCUT2D eigenvalue weighted by atomic mass is 16.6. The first kappa shape index (κ1) is 12.8. The standard InChI is InChI=1S/C11H19NO4/c1-3-16-11(14)12-7-5-4-6-9(12)8-10(13)15-2/h9H,3-8H2,1-2H3. The van der Waals surface area contributed by atoms with Gasteiger partial charge in [-0.3, -0.25) is 4.79 Å². The number of esters is 1. The molecule has 0 spiro atoms. The second-order valence-electron chi connectivity index (χ2n) is 3.82. The van der Waals surface area contributed by atoms with Gasteiger partial charge in [-0.05, 0) is 26.2 Å². The molecule has 0 aromatic rings. The zero-order valence-corrected chi connectivity index (χ0v) is 9.90. The van der Waals surface area contributed by atoms with Crippen molar-refractivity contribution >= 4 is 12.1 Å². The van der Waals surface area contributed by atoms with Crippen molar-refractivity contribution in [2.75, 3.05) is 20.3 Å². The number of rotatable bonds is 3. The summed E-state index contributed by atoms with van der Waals surface area (Å²) in [5.41, 5.74) is 0. The molecule has 0 aliphatic carbocycles. The smallest absolute Gasteiger partial charge is 0.410 e. The average molecular weight is 229 g/mol. The predicted molar refractivity (Wildman–Crippen MR) is 58.0 cm³/mol. The Kier molecular flexibility index (Phi) is 5.08. The molecule has 1 aliphatic rings. The van der Waals surface area contributed by atoms with Crippen LogP contribution in [0.1, 0.15) is 32.6 Å². The van der Waals surface area contributed by atoms with Crippen LogP contribution in [0.5, 0.6) is 0 Å². The van der Waals surface area contributed by atoms with Crippen LogP contribution in [0.15, 0.2) is 0 Å². The predicted octanol–water partition coefficient (Wildman–Crippen LogP) is 1.56. The molecule has 0 bridgehead atoms. The molecule has 0 N–H and O–H groups in total. The third-order valence-electron chi connectivity index (χ3n) is 2.76.